The van der Waals surface area contributed by atoms with E-state index in [1.165, 1.54) is 11.3 Å². The number of hydrogen-bond acceptors (Lipinski definition) is 7. The highest BCUT2D eigenvalue weighted by Crippen LogP contribution is 2.44. The minimum Gasteiger partial charge on any atom is -0.494 e. The summed E-state index contributed by atoms with van der Waals surface area (Å²) in [6.45, 7) is 4.66. The van der Waals surface area contributed by atoms with Crippen molar-refractivity contribution < 1.29 is 19.0 Å². The van der Waals surface area contributed by atoms with Crippen LogP contribution in [0.3, 0.4) is 0 Å². The number of halogens is 1. The quantitative estimate of drug-likeness (QED) is 0.211. The van der Waals surface area contributed by atoms with Crippen LogP contribution in [0.4, 0.5) is 0 Å². The Kier molecular flexibility index (Phi) is 6.79. The van der Waals surface area contributed by atoms with E-state index >= 15 is 0 Å². The van der Waals surface area contributed by atoms with Crippen LogP contribution < -0.4 is 19.9 Å². The second-order valence-corrected chi connectivity index (χ2v) is 10.1. The molecule has 2 N–H and O–H groups in total. The van der Waals surface area contributed by atoms with Gasteiger partial charge in [0.25, 0.3) is 0 Å². The molecule has 186 valence electrons. The SMILES string of the molecule is CCCOc1ccc(C2C(C#N)=C(N)Oc3cc(OC(=O)c4sc5cc(C)ccc5c4Cl)ccc32)cc1. The molecule has 1 unspecified atom stereocenters. The zero-order valence-electron chi connectivity index (χ0n) is 20.2. The molecule has 3 aromatic carbocycles. The van der Waals surface area contributed by atoms with E-state index in [-0.39, 0.29) is 11.6 Å². The standard InChI is InChI=1S/C29H23ClN2O4S/c1-3-12-34-18-7-5-17(6-8-18)25-20-11-9-19(14-23(20)36-28(32)22(25)15-31)35-29(33)27-26(30)21-10-4-16(2)13-24(21)37-27/h4-11,13-14,25H,3,12,32H2,1-2H3. The molecule has 0 saturated carbocycles. The molecule has 1 atom stereocenters. The number of nitrogens with zero attached hydrogens (tertiary/aromatic N) is 1. The lowest BCUT2D eigenvalue weighted by atomic mass is 9.83. The number of allylic oxidation sites excluding steroid dienone is 1. The first-order valence-corrected chi connectivity index (χ1v) is 12.9. The van der Waals surface area contributed by atoms with Crippen LogP contribution in [-0.2, 0) is 0 Å². The van der Waals surface area contributed by atoms with E-state index in [0.717, 1.165) is 38.9 Å². The summed E-state index contributed by atoms with van der Waals surface area (Å²) >= 11 is 7.78. The van der Waals surface area contributed by atoms with Crippen molar-refractivity contribution in [2.45, 2.75) is 26.2 Å². The number of aryl methyl sites for hydroxylation is 1. The van der Waals surface area contributed by atoms with Crippen LogP contribution >= 0.6 is 22.9 Å². The molecule has 1 aromatic heterocycles. The highest BCUT2D eigenvalue weighted by molar-refractivity contribution is 7.21. The van der Waals surface area contributed by atoms with Gasteiger partial charge in [-0.2, -0.15) is 5.26 Å². The zero-order chi connectivity index (χ0) is 26.1. The number of rotatable bonds is 6. The lowest BCUT2D eigenvalue weighted by Gasteiger charge is -2.26. The fourth-order valence-electron chi connectivity index (χ4n) is 4.28. The molecule has 6 nitrogen and oxygen atoms in total. The van der Waals surface area contributed by atoms with E-state index in [9.17, 15) is 10.1 Å². The Morgan fingerprint density at radius 2 is 1.89 bits per heavy atom. The first kappa shape index (κ1) is 24.7. The molecule has 5 rings (SSSR count). The number of carbonyl (C=O) groups excluding carboxylic acids is 1. The third-order valence-corrected chi connectivity index (χ3v) is 7.69. The molecular formula is C29H23ClN2O4S. The summed E-state index contributed by atoms with van der Waals surface area (Å²) in [5.41, 5.74) is 9.13. The molecule has 0 radical (unpaired) electrons. The highest BCUT2D eigenvalue weighted by Gasteiger charge is 2.31. The number of benzene rings is 3. The second kappa shape index (κ2) is 10.2. The van der Waals surface area contributed by atoms with Gasteiger partial charge in [-0.3, -0.25) is 0 Å². The number of ether oxygens (including phenoxy) is 3. The van der Waals surface area contributed by atoms with Gasteiger partial charge in [0, 0.05) is 21.7 Å². The van der Waals surface area contributed by atoms with Crippen molar-refractivity contribution in [3.05, 3.63) is 98.7 Å². The fraction of sp³-hybridized carbons (Fsp3) is 0.172. The van der Waals surface area contributed by atoms with Gasteiger partial charge in [-0.1, -0.05) is 48.9 Å². The topological polar surface area (TPSA) is 94.6 Å². The molecule has 0 spiro atoms. The normalized spacial score (nSPS) is 14.6. The monoisotopic (exact) mass is 530 g/mol. The average molecular weight is 531 g/mol. The summed E-state index contributed by atoms with van der Waals surface area (Å²) < 4.78 is 18.0. The molecule has 1 aliphatic rings. The predicted octanol–water partition coefficient (Wildman–Crippen LogP) is 7.09. The van der Waals surface area contributed by atoms with Gasteiger partial charge in [-0.05, 0) is 48.7 Å². The number of esters is 1. The van der Waals surface area contributed by atoms with Gasteiger partial charge in [0.15, 0.2) is 0 Å². The summed E-state index contributed by atoms with van der Waals surface area (Å²) in [4.78, 5) is 13.3. The number of nitriles is 1. The molecule has 0 saturated heterocycles. The molecule has 2 heterocycles. The van der Waals surface area contributed by atoms with Crippen LogP contribution in [0.25, 0.3) is 10.1 Å². The van der Waals surface area contributed by atoms with Crippen molar-refractivity contribution in [3.8, 4) is 23.3 Å². The van der Waals surface area contributed by atoms with Crippen LogP contribution in [0, 0.1) is 18.3 Å². The van der Waals surface area contributed by atoms with Gasteiger partial charge >= 0.3 is 5.97 Å². The Labute approximate surface area is 223 Å². The van der Waals surface area contributed by atoms with E-state index in [0.29, 0.717) is 27.8 Å². The number of thiophene rings is 1. The predicted molar refractivity (Wildman–Crippen MR) is 144 cm³/mol. The van der Waals surface area contributed by atoms with Crippen molar-refractivity contribution >= 4 is 39.0 Å². The van der Waals surface area contributed by atoms with E-state index in [2.05, 4.69) is 6.07 Å². The van der Waals surface area contributed by atoms with Crippen LogP contribution in [0.2, 0.25) is 5.02 Å². The van der Waals surface area contributed by atoms with Crippen molar-refractivity contribution in [2.24, 2.45) is 5.73 Å². The summed E-state index contributed by atoms with van der Waals surface area (Å²) in [6, 6.07) is 20.6. The minimum absolute atomic E-state index is 0.0118. The Morgan fingerprint density at radius 1 is 1.14 bits per heavy atom. The molecule has 0 fully saturated rings. The van der Waals surface area contributed by atoms with Gasteiger partial charge in [-0.25, -0.2) is 4.79 Å². The lowest BCUT2D eigenvalue weighted by Crippen LogP contribution is -2.21. The van der Waals surface area contributed by atoms with E-state index < -0.39 is 11.9 Å². The summed E-state index contributed by atoms with van der Waals surface area (Å²) in [5, 5.41) is 11.0. The summed E-state index contributed by atoms with van der Waals surface area (Å²) in [6.07, 6.45) is 0.911. The fourth-order valence-corrected chi connectivity index (χ4v) is 5.76. The van der Waals surface area contributed by atoms with Gasteiger partial charge in [0.2, 0.25) is 5.88 Å². The second-order valence-electron chi connectivity index (χ2n) is 8.68. The maximum atomic E-state index is 13.0. The lowest BCUT2D eigenvalue weighted by molar-refractivity contribution is 0.0740. The summed E-state index contributed by atoms with van der Waals surface area (Å²) in [5.74, 6) is 0.474. The van der Waals surface area contributed by atoms with E-state index in [1.807, 2.05) is 56.3 Å². The molecule has 0 bridgehead atoms. The Balaban J connectivity index is 1.44. The number of carbonyl (C=O) groups is 1. The number of hydrogen-bond donors (Lipinski definition) is 1. The van der Waals surface area contributed by atoms with Crippen LogP contribution in [0.5, 0.6) is 17.2 Å². The Bertz CT molecular complexity index is 1580. The minimum atomic E-state index is -0.556. The van der Waals surface area contributed by atoms with E-state index in [1.54, 1.807) is 18.2 Å². The largest absolute Gasteiger partial charge is 0.494 e. The number of nitrogens with two attached hydrogens (primary N) is 1. The van der Waals surface area contributed by atoms with Crippen LogP contribution in [0.15, 0.2) is 72.1 Å². The maximum absolute atomic E-state index is 13.0. The van der Waals surface area contributed by atoms with Gasteiger partial charge in [0.05, 0.1) is 17.5 Å². The first-order valence-electron chi connectivity index (χ1n) is 11.7. The highest BCUT2D eigenvalue weighted by atomic mass is 35.5. The molecule has 0 aliphatic carbocycles. The van der Waals surface area contributed by atoms with Gasteiger partial charge in [0.1, 0.15) is 33.8 Å². The molecule has 37 heavy (non-hydrogen) atoms. The van der Waals surface area contributed by atoms with Crippen molar-refractivity contribution in [1.82, 2.24) is 0 Å². The molecule has 8 heteroatoms. The third-order valence-electron chi connectivity index (χ3n) is 6.06. The first-order chi connectivity index (χ1) is 17.9. The smallest absolute Gasteiger partial charge is 0.355 e. The molecule has 4 aromatic rings. The Morgan fingerprint density at radius 3 is 2.62 bits per heavy atom. The van der Waals surface area contributed by atoms with E-state index in [4.69, 9.17) is 31.5 Å². The molecule has 0 amide bonds. The van der Waals surface area contributed by atoms with Crippen molar-refractivity contribution in [3.63, 3.8) is 0 Å². The average Bonchev–Trinajstić information content (AvgIpc) is 3.22. The summed E-state index contributed by atoms with van der Waals surface area (Å²) in [7, 11) is 0. The van der Waals surface area contributed by atoms with Crippen LogP contribution in [0.1, 0.15) is 45.6 Å². The van der Waals surface area contributed by atoms with Gasteiger partial charge < -0.3 is 19.9 Å². The third kappa shape index (κ3) is 4.74. The van der Waals surface area contributed by atoms with Crippen LogP contribution in [-0.4, -0.2) is 12.6 Å². The molecule has 1 aliphatic heterocycles. The van der Waals surface area contributed by atoms with Crippen molar-refractivity contribution in [2.75, 3.05) is 6.61 Å². The zero-order valence-corrected chi connectivity index (χ0v) is 21.8. The van der Waals surface area contributed by atoms with Gasteiger partial charge in [-0.15, -0.1) is 11.3 Å². The molecular weight excluding hydrogens is 508 g/mol. The Hall–Kier alpha value is -3.99. The maximum Gasteiger partial charge on any atom is 0.355 e. The number of fused-ring (bicyclic) bond motifs is 2. The van der Waals surface area contributed by atoms with Crippen molar-refractivity contribution in [1.29, 1.82) is 5.26 Å².